The molecule has 0 aliphatic carbocycles. The van der Waals surface area contributed by atoms with E-state index in [0.29, 0.717) is 41.0 Å². The van der Waals surface area contributed by atoms with Crippen molar-refractivity contribution in [3.8, 4) is 16.9 Å². The second-order valence-electron chi connectivity index (χ2n) is 11.1. The summed E-state index contributed by atoms with van der Waals surface area (Å²) in [5.41, 5.74) is 4.67. The second kappa shape index (κ2) is 12.8. The summed E-state index contributed by atoms with van der Waals surface area (Å²) in [7, 11) is 0.724. The topological polar surface area (TPSA) is 108 Å². The maximum atomic E-state index is 13.6. The van der Waals surface area contributed by atoms with E-state index < -0.39 is 10.0 Å². The third-order valence-corrected chi connectivity index (χ3v) is 8.93. The first-order valence-electron chi connectivity index (χ1n) is 14.3. The molecule has 0 bridgehead atoms. The fourth-order valence-electron chi connectivity index (χ4n) is 5.30. The van der Waals surface area contributed by atoms with Crippen LogP contribution in [0.25, 0.3) is 11.1 Å². The van der Waals surface area contributed by atoms with Crippen LogP contribution in [-0.4, -0.2) is 70.4 Å². The van der Waals surface area contributed by atoms with Gasteiger partial charge in [-0.05, 0) is 79.1 Å². The number of methoxy groups -OCH3 is 1. The molecule has 4 aromatic carbocycles. The second-order valence-corrected chi connectivity index (χ2v) is 12.7. The summed E-state index contributed by atoms with van der Waals surface area (Å²) in [6.45, 7) is 3.15. The first kappa shape index (κ1) is 30.6. The molecule has 9 nitrogen and oxygen atoms in total. The molecule has 1 fully saturated rings. The van der Waals surface area contributed by atoms with E-state index in [0.717, 1.165) is 17.7 Å². The van der Waals surface area contributed by atoms with E-state index in [1.807, 2.05) is 48.2 Å². The van der Waals surface area contributed by atoms with Gasteiger partial charge in [0.25, 0.3) is 21.8 Å². The first-order chi connectivity index (χ1) is 21.0. The molecule has 2 N–H and O–H groups in total. The Morgan fingerprint density at radius 2 is 1.57 bits per heavy atom. The predicted molar refractivity (Wildman–Crippen MR) is 173 cm³/mol. The SMILES string of the molecule is COc1ccc(-c2cccc(C(=O)N(C)C)c2)cc1S(=O)(=O)Nc1cccc(N[C@H]2CCN(C(=O)c3cccc(C)c3)C2)c1. The number of nitrogens with one attached hydrogen (secondary N) is 2. The number of hydrogen-bond acceptors (Lipinski definition) is 6. The first-order valence-corrected chi connectivity index (χ1v) is 15.8. The lowest BCUT2D eigenvalue weighted by atomic mass is 10.0. The fourth-order valence-corrected chi connectivity index (χ4v) is 6.54. The van der Waals surface area contributed by atoms with Crippen LogP contribution in [-0.2, 0) is 10.0 Å². The molecule has 0 saturated carbocycles. The highest BCUT2D eigenvalue weighted by Gasteiger charge is 2.27. The summed E-state index contributed by atoms with van der Waals surface area (Å²) in [4.78, 5) is 28.8. The zero-order valence-electron chi connectivity index (χ0n) is 25.2. The van der Waals surface area contributed by atoms with Gasteiger partial charge in [0.05, 0.1) is 12.8 Å². The smallest absolute Gasteiger partial charge is 0.265 e. The number of rotatable bonds is 9. The van der Waals surface area contributed by atoms with Crippen molar-refractivity contribution in [3.63, 3.8) is 0 Å². The maximum Gasteiger partial charge on any atom is 0.265 e. The predicted octanol–water partition coefficient (Wildman–Crippen LogP) is 5.50. The third-order valence-electron chi connectivity index (χ3n) is 7.53. The maximum absolute atomic E-state index is 13.6. The van der Waals surface area contributed by atoms with Crippen LogP contribution in [0.2, 0.25) is 0 Å². The van der Waals surface area contributed by atoms with Gasteiger partial charge < -0.3 is 19.9 Å². The number of likely N-dealkylation sites (tertiary alicyclic amines) is 1. The Morgan fingerprint density at radius 3 is 2.32 bits per heavy atom. The molecule has 1 heterocycles. The van der Waals surface area contributed by atoms with Gasteiger partial charge in [0, 0.05) is 50.0 Å². The van der Waals surface area contributed by atoms with Crippen LogP contribution in [0.1, 0.15) is 32.7 Å². The molecule has 1 saturated heterocycles. The number of carbonyl (C=O) groups excluding carboxylic acids is 2. The molecule has 5 rings (SSSR count). The lowest BCUT2D eigenvalue weighted by molar-refractivity contribution is 0.0790. The van der Waals surface area contributed by atoms with E-state index in [2.05, 4.69) is 10.0 Å². The third kappa shape index (κ3) is 6.86. The molecule has 1 aliphatic heterocycles. The minimum absolute atomic E-state index is 0.00622. The minimum Gasteiger partial charge on any atom is -0.495 e. The van der Waals surface area contributed by atoms with Crippen LogP contribution < -0.4 is 14.8 Å². The van der Waals surface area contributed by atoms with Crippen LogP contribution in [0, 0.1) is 6.92 Å². The summed E-state index contributed by atoms with van der Waals surface area (Å²) in [6, 6.07) is 26.6. The Labute approximate surface area is 258 Å². The van der Waals surface area contributed by atoms with Crippen molar-refractivity contribution in [1.82, 2.24) is 9.80 Å². The number of benzene rings is 4. The number of amides is 2. The number of aryl methyl sites for hydroxylation is 1. The zero-order valence-corrected chi connectivity index (χ0v) is 26.0. The highest BCUT2D eigenvalue weighted by atomic mass is 32.2. The van der Waals surface area contributed by atoms with E-state index in [1.54, 1.807) is 68.7 Å². The lowest BCUT2D eigenvalue weighted by Crippen LogP contribution is -2.31. The highest BCUT2D eigenvalue weighted by molar-refractivity contribution is 7.92. The molecule has 0 unspecified atom stereocenters. The molecule has 1 aliphatic rings. The number of hydrogen-bond donors (Lipinski definition) is 2. The van der Waals surface area contributed by atoms with E-state index in [1.165, 1.54) is 12.0 Å². The molecule has 44 heavy (non-hydrogen) atoms. The Balaban J connectivity index is 1.31. The summed E-state index contributed by atoms with van der Waals surface area (Å²) in [5, 5.41) is 3.45. The van der Waals surface area contributed by atoms with Gasteiger partial charge in [-0.2, -0.15) is 0 Å². The van der Waals surface area contributed by atoms with E-state index in [9.17, 15) is 18.0 Å². The highest BCUT2D eigenvalue weighted by Crippen LogP contribution is 2.32. The van der Waals surface area contributed by atoms with Crippen molar-refractivity contribution in [1.29, 1.82) is 0 Å². The summed E-state index contributed by atoms with van der Waals surface area (Å²) >= 11 is 0. The summed E-state index contributed by atoms with van der Waals surface area (Å²) in [6.07, 6.45) is 0.777. The summed E-state index contributed by atoms with van der Waals surface area (Å²) in [5.74, 6) is 0.0543. The van der Waals surface area contributed by atoms with Crippen LogP contribution in [0.4, 0.5) is 11.4 Å². The quantitative estimate of drug-likeness (QED) is 0.259. The summed E-state index contributed by atoms with van der Waals surface area (Å²) < 4.78 is 35.4. The molecule has 10 heteroatoms. The number of ether oxygens (including phenoxy) is 1. The van der Waals surface area contributed by atoms with Gasteiger partial charge >= 0.3 is 0 Å². The number of carbonyl (C=O) groups is 2. The molecule has 0 aromatic heterocycles. The Hall–Kier alpha value is -4.83. The van der Waals surface area contributed by atoms with Crippen LogP contribution >= 0.6 is 0 Å². The molecular weight excluding hydrogens is 576 g/mol. The Bertz CT molecular complexity index is 1810. The van der Waals surface area contributed by atoms with Crippen molar-refractivity contribution < 1.29 is 22.7 Å². The molecule has 4 aromatic rings. The van der Waals surface area contributed by atoms with Crippen molar-refractivity contribution in [2.45, 2.75) is 24.3 Å². The molecular formula is C34H36N4O5S. The standard InChI is InChI=1S/C34H36N4O5S/c1-23-8-5-10-26(18-23)34(40)38-17-16-30(22-38)35-28-12-7-13-29(21-28)36-44(41,42)32-20-25(14-15-31(32)43-4)24-9-6-11-27(19-24)33(39)37(2)3/h5-15,18-21,30,35-36H,16-17,22H2,1-4H3/t30-/m0/s1. The fraction of sp³-hybridized carbons (Fsp3) is 0.235. The average Bonchev–Trinajstić information content (AvgIpc) is 3.48. The molecule has 2 amide bonds. The Kier molecular flexibility index (Phi) is 8.91. The normalized spacial score (nSPS) is 14.6. The van der Waals surface area contributed by atoms with Gasteiger partial charge in [0.2, 0.25) is 0 Å². The zero-order chi connectivity index (χ0) is 31.4. The van der Waals surface area contributed by atoms with Gasteiger partial charge in [-0.15, -0.1) is 0 Å². The van der Waals surface area contributed by atoms with E-state index in [4.69, 9.17) is 4.74 Å². The van der Waals surface area contributed by atoms with Crippen LogP contribution in [0.5, 0.6) is 5.75 Å². The van der Waals surface area contributed by atoms with Gasteiger partial charge in [-0.1, -0.05) is 42.0 Å². The monoisotopic (exact) mass is 612 g/mol. The van der Waals surface area contributed by atoms with Crippen LogP contribution in [0.3, 0.4) is 0 Å². The van der Waals surface area contributed by atoms with Crippen molar-refractivity contribution in [3.05, 3.63) is 108 Å². The van der Waals surface area contributed by atoms with Gasteiger partial charge in [-0.3, -0.25) is 14.3 Å². The molecule has 1 atom stereocenters. The number of nitrogens with zero attached hydrogens (tertiary/aromatic N) is 2. The van der Waals surface area contributed by atoms with Gasteiger partial charge in [0.15, 0.2) is 0 Å². The Morgan fingerprint density at radius 1 is 0.864 bits per heavy atom. The minimum atomic E-state index is -4.06. The van der Waals surface area contributed by atoms with Gasteiger partial charge in [0.1, 0.15) is 10.6 Å². The van der Waals surface area contributed by atoms with Crippen molar-refractivity contribution in [2.24, 2.45) is 0 Å². The number of sulfonamides is 1. The molecule has 0 spiro atoms. The largest absolute Gasteiger partial charge is 0.495 e. The number of anilines is 2. The van der Waals surface area contributed by atoms with Crippen molar-refractivity contribution in [2.75, 3.05) is 44.3 Å². The van der Waals surface area contributed by atoms with E-state index in [-0.39, 0.29) is 28.5 Å². The van der Waals surface area contributed by atoms with Gasteiger partial charge in [-0.25, -0.2) is 8.42 Å². The lowest BCUT2D eigenvalue weighted by Gasteiger charge is -2.19. The van der Waals surface area contributed by atoms with Crippen molar-refractivity contribution >= 4 is 33.2 Å². The molecule has 228 valence electrons. The van der Waals surface area contributed by atoms with E-state index >= 15 is 0 Å². The average molecular weight is 613 g/mol. The van der Waals surface area contributed by atoms with Crippen LogP contribution in [0.15, 0.2) is 95.9 Å². The molecule has 0 radical (unpaired) electrons.